The van der Waals surface area contributed by atoms with Crippen molar-refractivity contribution >= 4 is 22.4 Å². The Labute approximate surface area is 143 Å². The van der Waals surface area contributed by atoms with Crippen LogP contribution >= 0.6 is 11.3 Å². The molecule has 0 unspecified atom stereocenters. The molecule has 1 aliphatic rings. The molecule has 2 aromatic heterocycles. The van der Waals surface area contributed by atoms with Crippen LogP contribution in [-0.4, -0.2) is 38.8 Å². The van der Waals surface area contributed by atoms with E-state index in [9.17, 15) is 9.59 Å². The highest BCUT2D eigenvalue weighted by Crippen LogP contribution is 2.29. The van der Waals surface area contributed by atoms with E-state index in [0.717, 1.165) is 24.2 Å². The van der Waals surface area contributed by atoms with Gasteiger partial charge in [0.15, 0.2) is 5.13 Å². The summed E-state index contributed by atoms with van der Waals surface area (Å²) in [6.07, 6.45) is 2.30. The van der Waals surface area contributed by atoms with Gasteiger partial charge in [-0.3, -0.25) is 9.59 Å². The van der Waals surface area contributed by atoms with E-state index >= 15 is 0 Å². The summed E-state index contributed by atoms with van der Waals surface area (Å²) in [5.41, 5.74) is 7.22. The quantitative estimate of drug-likeness (QED) is 0.879. The number of nitrogens with zero attached hydrogens (tertiary/aromatic N) is 3. The van der Waals surface area contributed by atoms with Crippen LogP contribution in [0.2, 0.25) is 0 Å². The predicted octanol–water partition coefficient (Wildman–Crippen LogP) is 1.70. The monoisotopic (exact) mass is 347 g/mol. The number of hydrogen-bond acceptors (Lipinski definition) is 6. The zero-order valence-corrected chi connectivity index (χ0v) is 14.7. The summed E-state index contributed by atoms with van der Waals surface area (Å²) >= 11 is 1.26. The van der Waals surface area contributed by atoms with Crippen molar-refractivity contribution in [3.05, 3.63) is 38.5 Å². The van der Waals surface area contributed by atoms with Crippen LogP contribution in [0.3, 0.4) is 0 Å². The lowest BCUT2D eigenvalue weighted by Gasteiger charge is -2.31. The third-order valence-electron chi connectivity index (χ3n) is 4.32. The standard InChI is InChI=1S/C16H21N5O2S/c1-3-11-14(24-16(17)20-11)15(23)21-6-4-10(5-7-21)12-8-13(22)19-9(2)18-12/h8,10H,3-7H2,1-2H3,(H2,17,20)(H,18,19,22). The molecule has 0 spiro atoms. The second kappa shape index (κ2) is 6.72. The smallest absolute Gasteiger partial charge is 0.265 e. The largest absolute Gasteiger partial charge is 0.375 e. The lowest BCUT2D eigenvalue weighted by molar-refractivity contribution is 0.0715. The molecule has 0 bridgehead atoms. The summed E-state index contributed by atoms with van der Waals surface area (Å²) in [7, 11) is 0. The Bertz CT molecular complexity index is 805. The number of nitrogens with one attached hydrogen (secondary N) is 1. The molecule has 1 amide bonds. The van der Waals surface area contributed by atoms with Crippen LogP contribution in [0.4, 0.5) is 5.13 Å². The van der Waals surface area contributed by atoms with Gasteiger partial charge in [0.2, 0.25) is 0 Å². The number of rotatable bonds is 3. The minimum atomic E-state index is -0.122. The number of likely N-dealkylation sites (tertiary alicyclic amines) is 1. The van der Waals surface area contributed by atoms with E-state index in [0.29, 0.717) is 35.3 Å². The molecule has 3 N–H and O–H groups in total. The van der Waals surface area contributed by atoms with Gasteiger partial charge in [-0.2, -0.15) is 0 Å². The van der Waals surface area contributed by atoms with Crippen molar-refractivity contribution in [2.45, 2.75) is 39.0 Å². The second-order valence-corrected chi connectivity index (χ2v) is 7.03. The van der Waals surface area contributed by atoms with Gasteiger partial charge in [-0.15, -0.1) is 0 Å². The Kier molecular flexibility index (Phi) is 4.66. The van der Waals surface area contributed by atoms with Gasteiger partial charge >= 0.3 is 0 Å². The first kappa shape index (κ1) is 16.6. The van der Waals surface area contributed by atoms with E-state index in [4.69, 9.17) is 5.73 Å². The summed E-state index contributed by atoms with van der Waals surface area (Å²) in [5.74, 6) is 0.852. The maximum atomic E-state index is 12.7. The molecule has 0 radical (unpaired) electrons. The third-order valence-corrected chi connectivity index (χ3v) is 5.24. The minimum absolute atomic E-state index is 0.00884. The molecule has 1 aliphatic heterocycles. The molecule has 0 saturated carbocycles. The van der Waals surface area contributed by atoms with Crippen LogP contribution in [0.1, 0.15) is 52.6 Å². The van der Waals surface area contributed by atoms with Crippen LogP contribution < -0.4 is 11.3 Å². The summed E-state index contributed by atoms with van der Waals surface area (Å²) in [6, 6.07) is 1.56. The number of thiazole rings is 1. The molecule has 0 aliphatic carbocycles. The number of anilines is 1. The maximum absolute atomic E-state index is 12.7. The Hall–Kier alpha value is -2.22. The molecular weight excluding hydrogens is 326 g/mol. The molecule has 3 heterocycles. The first-order valence-electron chi connectivity index (χ1n) is 8.10. The van der Waals surface area contributed by atoms with Crippen LogP contribution in [0.5, 0.6) is 0 Å². The van der Waals surface area contributed by atoms with Crippen molar-refractivity contribution < 1.29 is 4.79 Å². The van der Waals surface area contributed by atoms with Crippen LogP contribution in [0.15, 0.2) is 10.9 Å². The van der Waals surface area contributed by atoms with Crippen molar-refractivity contribution in [1.29, 1.82) is 0 Å². The fraction of sp³-hybridized carbons (Fsp3) is 0.500. The topological polar surface area (TPSA) is 105 Å². The van der Waals surface area contributed by atoms with E-state index < -0.39 is 0 Å². The van der Waals surface area contributed by atoms with Crippen LogP contribution in [-0.2, 0) is 6.42 Å². The highest BCUT2D eigenvalue weighted by molar-refractivity contribution is 7.17. The number of hydrogen-bond donors (Lipinski definition) is 2. The van der Waals surface area contributed by atoms with Gasteiger partial charge in [0, 0.05) is 25.1 Å². The highest BCUT2D eigenvalue weighted by Gasteiger charge is 2.28. The number of nitrogens with two attached hydrogens (primary N) is 1. The van der Waals surface area contributed by atoms with Gasteiger partial charge in [-0.1, -0.05) is 18.3 Å². The summed E-state index contributed by atoms with van der Waals surface area (Å²) in [4.78, 5) is 38.1. The summed E-state index contributed by atoms with van der Waals surface area (Å²) in [5, 5.41) is 0.438. The van der Waals surface area contributed by atoms with Crippen molar-refractivity contribution in [2.75, 3.05) is 18.8 Å². The predicted molar refractivity (Wildman–Crippen MR) is 93.4 cm³/mol. The minimum Gasteiger partial charge on any atom is -0.375 e. The first-order chi connectivity index (χ1) is 11.5. The van der Waals surface area contributed by atoms with Crippen molar-refractivity contribution in [2.24, 2.45) is 0 Å². The normalized spacial score (nSPS) is 15.7. The Morgan fingerprint density at radius 3 is 2.75 bits per heavy atom. The Balaban J connectivity index is 1.70. The molecule has 1 saturated heterocycles. The fourth-order valence-corrected chi connectivity index (χ4v) is 4.00. The van der Waals surface area contributed by atoms with E-state index in [-0.39, 0.29) is 17.4 Å². The zero-order valence-electron chi connectivity index (χ0n) is 13.8. The number of aromatic nitrogens is 3. The number of carbonyl (C=O) groups is 1. The summed E-state index contributed by atoms with van der Waals surface area (Å²) < 4.78 is 0. The van der Waals surface area contributed by atoms with E-state index in [1.807, 2.05) is 11.8 Å². The van der Waals surface area contributed by atoms with Gasteiger partial charge in [-0.25, -0.2) is 9.97 Å². The Morgan fingerprint density at radius 1 is 1.42 bits per heavy atom. The summed E-state index contributed by atoms with van der Waals surface area (Å²) in [6.45, 7) is 5.05. The molecular formula is C16H21N5O2S. The average molecular weight is 347 g/mol. The first-order valence-corrected chi connectivity index (χ1v) is 8.92. The van der Waals surface area contributed by atoms with E-state index in [1.54, 1.807) is 13.0 Å². The van der Waals surface area contributed by atoms with Crippen LogP contribution in [0, 0.1) is 6.92 Å². The second-order valence-electron chi connectivity index (χ2n) is 6.00. The van der Waals surface area contributed by atoms with Crippen molar-refractivity contribution in [1.82, 2.24) is 19.9 Å². The molecule has 2 aromatic rings. The number of amides is 1. The van der Waals surface area contributed by atoms with Gasteiger partial charge in [0.25, 0.3) is 11.5 Å². The molecule has 0 aromatic carbocycles. The molecule has 3 rings (SSSR count). The molecule has 8 heteroatoms. The van der Waals surface area contributed by atoms with Gasteiger partial charge < -0.3 is 15.6 Å². The lowest BCUT2D eigenvalue weighted by Crippen LogP contribution is -2.38. The average Bonchev–Trinajstić information content (AvgIpc) is 2.94. The third kappa shape index (κ3) is 3.33. The molecule has 0 atom stereocenters. The maximum Gasteiger partial charge on any atom is 0.265 e. The van der Waals surface area contributed by atoms with Crippen molar-refractivity contribution in [3.8, 4) is 0 Å². The number of nitrogen functional groups attached to an aromatic ring is 1. The van der Waals surface area contributed by atoms with Gasteiger partial charge in [-0.05, 0) is 26.2 Å². The molecule has 7 nitrogen and oxygen atoms in total. The van der Waals surface area contributed by atoms with Crippen molar-refractivity contribution in [3.63, 3.8) is 0 Å². The SMILES string of the molecule is CCc1nc(N)sc1C(=O)N1CCC(c2cc(=O)[nH]c(C)n2)CC1. The van der Waals surface area contributed by atoms with Gasteiger partial charge in [0.05, 0.1) is 11.4 Å². The Morgan fingerprint density at radius 2 is 2.12 bits per heavy atom. The fourth-order valence-electron chi connectivity index (χ4n) is 3.11. The lowest BCUT2D eigenvalue weighted by atomic mass is 9.93. The van der Waals surface area contributed by atoms with Gasteiger partial charge in [0.1, 0.15) is 10.7 Å². The number of piperidine rings is 1. The zero-order chi connectivity index (χ0) is 17.3. The van der Waals surface area contributed by atoms with E-state index in [1.165, 1.54) is 11.3 Å². The number of aromatic amines is 1. The molecule has 1 fully saturated rings. The van der Waals surface area contributed by atoms with E-state index in [2.05, 4.69) is 15.0 Å². The number of carbonyl (C=O) groups excluding carboxylic acids is 1. The van der Waals surface area contributed by atoms with Crippen LogP contribution in [0.25, 0.3) is 0 Å². The molecule has 128 valence electrons. The number of H-pyrrole nitrogens is 1. The highest BCUT2D eigenvalue weighted by atomic mass is 32.1. The number of aryl methyl sites for hydroxylation is 2. The molecule has 24 heavy (non-hydrogen) atoms.